The molecule has 1 fully saturated rings. The summed E-state index contributed by atoms with van der Waals surface area (Å²) < 4.78 is 19.8. The van der Waals surface area contributed by atoms with Gasteiger partial charge in [0.2, 0.25) is 29.6 Å². The summed E-state index contributed by atoms with van der Waals surface area (Å²) in [5, 5.41) is 17.8. The van der Waals surface area contributed by atoms with Crippen molar-refractivity contribution in [2.45, 2.75) is 79.1 Å². The number of imidazole rings is 2. The first-order chi connectivity index (χ1) is 32.2. The number of primary amides is 2. The predicted molar refractivity (Wildman–Crippen MR) is 252 cm³/mol. The lowest BCUT2D eigenvalue weighted by Gasteiger charge is -2.25. The van der Waals surface area contributed by atoms with Crippen molar-refractivity contribution in [3.05, 3.63) is 80.9 Å². The molecule has 8 rings (SSSR count). The zero-order chi connectivity index (χ0) is 47.5. The number of benzene rings is 2. The fourth-order valence-corrected chi connectivity index (χ4v) is 8.95. The number of fused-ring (bicyclic) bond motifs is 1. The quantitative estimate of drug-likeness (QED) is 0.0591. The molecule has 6 heterocycles. The van der Waals surface area contributed by atoms with Crippen molar-refractivity contribution in [3.8, 4) is 11.5 Å². The first kappa shape index (κ1) is 46.5. The van der Waals surface area contributed by atoms with Crippen LogP contribution in [-0.2, 0) is 24.4 Å². The molecule has 0 aliphatic carbocycles. The average Bonchev–Trinajstić information content (AvgIpc) is 4.05. The Morgan fingerprint density at radius 2 is 1.55 bits per heavy atom. The summed E-state index contributed by atoms with van der Waals surface area (Å²) in [4.78, 5) is 77.2. The third-order valence-corrected chi connectivity index (χ3v) is 12.6. The van der Waals surface area contributed by atoms with E-state index in [0.29, 0.717) is 87.7 Å². The second-order valence-corrected chi connectivity index (χ2v) is 17.2. The maximum absolute atomic E-state index is 13.9. The molecule has 1 saturated heterocycles. The van der Waals surface area contributed by atoms with Gasteiger partial charge in [-0.2, -0.15) is 10.2 Å². The molecule has 352 valence electrons. The van der Waals surface area contributed by atoms with Crippen LogP contribution in [0.5, 0.6) is 11.5 Å². The Kier molecular flexibility index (Phi) is 13.7. The molecule has 0 spiro atoms. The number of aromatic nitrogens is 8. The SMILES string of the molecule is CCn1nc(C)cc1C(=O)Nc1nc2cc(C(N)=O)cc(OCCCNC(=O)CN3CCCCC3)c2n1C/C=C/[C@H]1COc2cc(C(N)=O)cc3nc(NC(=O)c4c(Br)c(C)nn4CC)n1c23. The first-order valence-corrected chi connectivity index (χ1v) is 23.0. The summed E-state index contributed by atoms with van der Waals surface area (Å²) >= 11 is 3.52. The molecule has 21 nitrogen and oxygen atoms in total. The van der Waals surface area contributed by atoms with Gasteiger partial charge in [-0.25, -0.2) is 9.97 Å². The smallest absolute Gasteiger partial charge is 0.277 e. The van der Waals surface area contributed by atoms with E-state index in [0.717, 1.165) is 25.9 Å². The zero-order valence-electron chi connectivity index (χ0n) is 37.7. The van der Waals surface area contributed by atoms with E-state index in [2.05, 4.69) is 47.0 Å². The van der Waals surface area contributed by atoms with Crippen molar-refractivity contribution >= 4 is 79.4 Å². The maximum Gasteiger partial charge on any atom is 0.277 e. The number of aryl methyl sites for hydroxylation is 4. The van der Waals surface area contributed by atoms with Crippen LogP contribution in [0.15, 0.2) is 47.0 Å². The minimum atomic E-state index is -0.698. The van der Waals surface area contributed by atoms with Crippen LogP contribution in [0.25, 0.3) is 22.1 Å². The van der Waals surface area contributed by atoms with Crippen LogP contribution in [-0.4, -0.2) is 112 Å². The highest BCUT2D eigenvalue weighted by atomic mass is 79.9. The van der Waals surface area contributed by atoms with Crippen molar-refractivity contribution in [3.63, 3.8) is 0 Å². The number of carbonyl (C=O) groups excluding carboxylic acids is 5. The number of carbonyl (C=O) groups is 5. The van der Waals surface area contributed by atoms with Gasteiger partial charge in [0, 0.05) is 37.3 Å². The van der Waals surface area contributed by atoms with Gasteiger partial charge in [0.05, 0.1) is 46.1 Å². The summed E-state index contributed by atoms with van der Waals surface area (Å²) in [5.74, 6) is -1.34. The highest BCUT2D eigenvalue weighted by Gasteiger charge is 2.30. The molecule has 6 aromatic rings. The number of nitrogens with two attached hydrogens (primary N) is 2. The molecule has 7 N–H and O–H groups in total. The number of ether oxygens (including phenoxy) is 2. The standard InChI is InChI=1S/C45H53BrN14O7/c1-5-58-32(18-25(3)54-58)42(64)52-44-50-30-19-27(40(47)62)21-33(66-17-11-13-49-35(61)23-56-14-8-7-9-15-56)37(30)57(44)16-10-12-29-24-67-34-22-28(41(48)63)20-31-38(34)60(29)45(51-31)53-43(65)39-36(46)26(4)55-59(39)6-2/h10,12,18-22,29H,5-9,11,13-17,23-24H2,1-4H3,(H2,47,62)(H2,48,63)(H,49,61)(H,50,52,64)(H,51,53,65)/b12-10+/t29-/m0/s1. The number of likely N-dealkylation sites (tertiary alicyclic amines) is 1. The normalized spacial score (nSPS) is 15.0. The first-order valence-electron chi connectivity index (χ1n) is 22.3. The minimum Gasteiger partial charge on any atom is -0.491 e. The Balaban J connectivity index is 1.12. The van der Waals surface area contributed by atoms with E-state index in [1.807, 2.05) is 30.6 Å². The Morgan fingerprint density at radius 1 is 0.866 bits per heavy atom. The Morgan fingerprint density at radius 3 is 2.27 bits per heavy atom. The van der Waals surface area contributed by atoms with E-state index in [1.165, 1.54) is 18.6 Å². The number of allylic oxidation sites excluding steroid dienone is 1. The lowest BCUT2D eigenvalue weighted by Crippen LogP contribution is -2.40. The fourth-order valence-electron chi connectivity index (χ4n) is 8.49. The van der Waals surface area contributed by atoms with Gasteiger partial charge >= 0.3 is 0 Å². The monoisotopic (exact) mass is 980 g/mol. The molecule has 0 saturated carbocycles. The van der Waals surface area contributed by atoms with Gasteiger partial charge in [-0.05, 0) is 106 Å². The number of anilines is 2. The lowest BCUT2D eigenvalue weighted by molar-refractivity contribution is -0.122. The fraction of sp³-hybridized carbons (Fsp3) is 0.400. The highest BCUT2D eigenvalue weighted by molar-refractivity contribution is 9.10. The molecule has 1 atom stereocenters. The molecular weight excluding hydrogens is 928 g/mol. The number of halogens is 1. The predicted octanol–water partition coefficient (Wildman–Crippen LogP) is 4.46. The molecule has 22 heteroatoms. The Hall–Kier alpha value is -7.07. The van der Waals surface area contributed by atoms with Gasteiger partial charge in [-0.1, -0.05) is 18.6 Å². The summed E-state index contributed by atoms with van der Waals surface area (Å²) in [6, 6.07) is 7.30. The van der Waals surface area contributed by atoms with Crippen molar-refractivity contribution in [1.29, 1.82) is 0 Å². The van der Waals surface area contributed by atoms with Crippen LogP contribution >= 0.6 is 15.9 Å². The molecule has 67 heavy (non-hydrogen) atoms. The lowest BCUT2D eigenvalue weighted by atomic mass is 10.1. The largest absolute Gasteiger partial charge is 0.491 e. The Labute approximate surface area is 393 Å². The molecule has 2 aliphatic rings. The van der Waals surface area contributed by atoms with E-state index in [4.69, 9.17) is 30.9 Å². The second-order valence-electron chi connectivity index (χ2n) is 16.4. The van der Waals surface area contributed by atoms with Crippen molar-refractivity contribution in [2.24, 2.45) is 11.5 Å². The van der Waals surface area contributed by atoms with Gasteiger partial charge in [0.15, 0.2) is 0 Å². The van der Waals surface area contributed by atoms with E-state index in [1.54, 1.807) is 46.0 Å². The van der Waals surface area contributed by atoms with Gasteiger partial charge in [-0.3, -0.25) is 53.4 Å². The molecule has 0 bridgehead atoms. The number of piperidine rings is 1. The van der Waals surface area contributed by atoms with Crippen LogP contribution in [0, 0.1) is 13.8 Å². The van der Waals surface area contributed by atoms with Crippen molar-refractivity contribution < 1.29 is 33.4 Å². The topological polar surface area (TPSA) is 266 Å². The van der Waals surface area contributed by atoms with Gasteiger partial charge in [0.25, 0.3) is 11.8 Å². The molecule has 4 aromatic heterocycles. The number of nitrogens with zero attached hydrogens (tertiary/aromatic N) is 9. The van der Waals surface area contributed by atoms with E-state index >= 15 is 0 Å². The number of rotatable bonds is 18. The van der Waals surface area contributed by atoms with Gasteiger partial charge in [0.1, 0.15) is 40.5 Å². The van der Waals surface area contributed by atoms with Crippen LogP contribution in [0.1, 0.15) is 98.7 Å². The second kappa shape index (κ2) is 19.8. The van der Waals surface area contributed by atoms with Crippen LogP contribution in [0.4, 0.5) is 11.9 Å². The molecule has 0 unspecified atom stereocenters. The van der Waals surface area contributed by atoms with Gasteiger partial charge in [-0.15, -0.1) is 0 Å². The molecular formula is C45H53BrN14O7. The highest BCUT2D eigenvalue weighted by Crippen LogP contribution is 2.38. The molecule has 5 amide bonds. The Bertz CT molecular complexity index is 2940. The summed E-state index contributed by atoms with van der Waals surface area (Å²) in [6.07, 6.45) is 7.54. The van der Waals surface area contributed by atoms with Crippen LogP contribution in [0.3, 0.4) is 0 Å². The van der Waals surface area contributed by atoms with Gasteiger partial charge < -0.3 is 30.8 Å². The van der Waals surface area contributed by atoms with Crippen LogP contribution < -0.4 is 36.9 Å². The zero-order valence-corrected chi connectivity index (χ0v) is 39.3. The van der Waals surface area contributed by atoms with Crippen LogP contribution in [0.2, 0.25) is 0 Å². The third-order valence-electron chi connectivity index (χ3n) is 11.7. The number of amides is 5. The number of hydrogen-bond acceptors (Lipinski definition) is 12. The molecule has 2 aliphatic heterocycles. The minimum absolute atomic E-state index is 0.0508. The number of nitrogens with one attached hydrogen (secondary N) is 3. The van der Waals surface area contributed by atoms with E-state index in [9.17, 15) is 24.0 Å². The third kappa shape index (κ3) is 9.75. The van der Waals surface area contributed by atoms with E-state index in [-0.39, 0.29) is 54.4 Å². The summed E-state index contributed by atoms with van der Waals surface area (Å²) in [6.45, 7) is 11.2. The maximum atomic E-state index is 13.9. The molecule has 2 aromatic carbocycles. The van der Waals surface area contributed by atoms with Crippen molar-refractivity contribution in [2.75, 3.05) is 50.0 Å². The van der Waals surface area contributed by atoms with E-state index < -0.39 is 29.7 Å². The summed E-state index contributed by atoms with van der Waals surface area (Å²) in [5.41, 5.74) is 15.4. The van der Waals surface area contributed by atoms with Crippen molar-refractivity contribution in [1.82, 2.24) is 48.9 Å². The summed E-state index contributed by atoms with van der Waals surface area (Å²) in [7, 11) is 0. The number of hydrogen-bond donors (Lipinski definition) is 5. The average molecular weight is 982 g/mol. The molecule has 0 radical (unpaired) electrons.